The van der Waals surface area contributed by atoms with Crippen LogP contribution in [-0.4, -0.2) is 21.9 Å². The van der Waals surface area contributed by atoms with E-state index in [2.05, 4.69) is 32.7 Å². The molecule has 2 aromatic rings. The van der Waals surface area contributed by atoms with Gasteiger partial charge in [0.15, 0.2) is 0 Å². The molecule has 1 amide bonds. The number of rotatable bonds is 2. The summed E-state index contributed by atoms with van der Waals surface area (Å²) in [5.41, 5.74) is 2.47. The Bertz CT molecular complexity index is 585. The quantitative estimate of drug-likeness (QED) is 0.843. The Kier molecular flexibility index (Phi) is 3.20. The molecule has 1 aliphatic rings. The lowest BCUT2D eigenvalue weighted by atomic mass is 9.95. The largest absolute Gasteiger partial charge is 0.301 e. The minimum Gasteiger partial charge on any atom is -0.301 e. The molecule has 96 valence electrons. The number of hydrogen-bond acceptors (Lipinski definition) is 4. The highest BCUT2D eigenvalue weighted by molar-refractivity contribution is 5.93. The van der Waals surface area contributed by atoms with E-state index >= 15 is 0 Å². The molecule has 2 heterocycles. The van der Waals surface area contributed by atoms with E-state index in [0.717, 1.165) is 0 Å². The van der Waals surface area contributed by atoms with Gasteiger partial charge in [-0.2, -0.15) is 0 Å². The zero-order valence-corrected chi connectivity index (χ0v) is 10.3. The highest BCUT2D eigenvalue weighted by Crippen LogP contribution is 2.16. The fraction of sp³-hybridized carbons (Fsp3) is 0.214. The van der Waals surface area contributed by atoms with E-state index in [1.165, 1.54) is 11.1 Å². The van der Waals surface area contributed by atoms with Crippen molar-refractivity contribution in [1.29, 1.82) is 0 Å². The summed E-state index contributed by atoms with van der Waals surface area (Å²) in [5, 5.41) is 5.95. The van der Waals surface area contributed by atoms with Crippen molar-refractivity contribution >= 4 is 11.9 Å². The molecule has 0 saturated carbocycles. The molecular formula is C14H14N4O. The van der Waals surface area contributed by atoms with Gasteiger partial charge in [0.2, 0.25) is 11.9 Å². The molecule has 0 spiro atoms. The normalized spacial score (nSPS) is 17.6. The van der Waals surface area contributed by atoms with Crippen molar-refractivity contribution in [3.63, 3.8) is 0 Å². The minimum absolute atomic E-state index is 0.0966. The second-order valence-corrected chi connectivity index (χ2v) is 4.47. The Labute approximate surface area is 111 Å². The van der Waals surface area contributed by atoms with Crippen LogP contribution in [0.25, 0.3) is 0 Å². The number of nitrogens with zero attached hydrogens (tertiary/aromatic N) is 2. The van der Waals surface area contributed by atoms with E-state index in [-0.39, 0.29) is 11.9 Å². The van der Waals surface area contributed by atoms with Crippen LogP contribution in [0.15, 0.2) is 42.7 Å². The molecule has 2 N–H and O–H groups in total. The zero-order chi connectivity index (χ0) is 13.1. The highest BCUT2D eigenvalue weighted by Gasteiger charge is 2.24. The number of anilines is 1. The second-order valence-electron chi connectivity index (χ2n) is 4.47. The Morgan fingerprint density at radius 2 is 1.89 bits per heavy atom. The fourth-order valence-electron chi connectivity index (χ4n) is 2.20. The summed E-state index contributed by atoms with van der Waals surface area (Å²) in [6.07, 6.45) is 3.90. The van der Waals surface area contributed by atoms with Crippen molar-refractivity contribution in [2.45, 2.75) is 19.0 Å². The SMILES string of the molecule is O=C(Nc1ncccn1)[C@@H]1Cc2ccccc2CN1. The first-order valence-corrected chi connectivity index (χ1v) is 6.21. The lowest BCUT2D eigenvalue weighted by Gasteiger charge is -2.24. The summed E-state index contributed by atoms with van der Waals surface area (Å²) in [5.74, 6) is 0.244. The molecule has 3 rings (SSSR count). The molecule has 1 aromatic heterocycles. The smallest absolute Gasteiger partial charge is 0.244 e. The lowest BCUT2D eigenvalue weighted by Crippen LogP contribution is -2.44. The highest BCUT2D eigenvalue weighted by atomic mass is 16.2. The molecular weight excluding hydrogens is 240 g/mol. The number of amides is 1. The number of benzene rings is 1. The van der Waals surface area contributed by atoms with E-state index in [1.807, 2.05) is 12.1 Å². The van der Waals surface area contributed by atoms with Crippen LogP contribution in [0.1, 0.15) is 11.1 Å². The Hall–Kier alpha value is -2.27. The third-order valence-corrected chi connectivity index (χ3v) is 3.20. The second kappa shape index (κ2) is 5.16. The van der Waals surface area contributed by atoms with E-state index in [4.69, 9.17) is 0 Å². The number of carbonyl (C=O) groups excluding carboxylic acids is 1. The van der Waals surface area contributed by atoms with E-state index in [1.54, 1.807) is 18.5 Å². The van der Waals surface area contributed by atoms with Crippen molar-refractivity contribution < 1.29 is 4.79 Å². The van der Waals surface area contributed by atoms with Gasteiger partial charge in [-0.1, -0.05) is 24.3 Å². The van der Waals surface area contributed by atoms with Crippen LogP contribution in [0.3, 0.4) is 0 Å². The molecule has 1 aromatic carbocycles. The van der Waals surface area contributed by atoms with Crippen LogP contribution >= 0.6 is 0 Å². The van der Waals surface area contributed by atoms with Gasteiger partial charge in [0.25, 0.3) is 0 Å². The average molecular weight is 254 g/mol. The number of nitrogens with one attached hydrogen (secondary N) is 2. The topological polar surface area (TPSA) is 66.9 Å². The summed E-state index contributed by atoms with van der Waals surface area (Å²) in [6.45, 7) is 0.712. The summed E-state index contributed by atoms with van der Waals surface area (Å²) in [7, 11) is 0. The number of hydrogen-bond donors (Lipinski definition) is 2. The summed E-state index contributed by atoms with van der Waals surface area (Å²) >= 11 is 0. The predicted octanol–water partition coefficient (Wildman–Crippen LogP) is 1.13. The van der Waals surface area contributed by atoms with Crippen LogP contribution < -0.4 is 10.6 Å². The summed E-state index contributed by atoms with van der Waals surface area (Å²) < 4.78 is 0. The summed E-state index contributed by atoms with van der Waals surface area (Å²) in [4.78, 5) is 20.1. The van der Waals surface area contributed by atoms with Gasteiger partial charge in [-0.05, 0) is 23.6 Å². The van der Waals surface area contributed by atoms with Crippen LogP contribution in [0, 0.1) is 0 Å². The van der Waals surface area contributed by atoms with Gasteiger partial charge in [0, 0.05) is 18.9 Å². The van der Waals surface area contributed by atoms with Gasteiger partial charge in [0.05, 0.1) is 6.04 Å². The van der Waals surface area contributed by atoms with E-state index in [9.17, 15) is 4.79 Å². The maximum Gasteiger partial charge on any atom is 0.244 e. The first-order valence-electron chi connectivity index (χ1n) is 6.21. The van der Waals surface area contributed by atoms with Gasteiger partial charge < -0.3 is 5.32 Å². The maximum atomic E-state index is 12.1. The van der Waals surface area contributed by atoms with E-state index in [0.29, 0.717) is 18.9 Å². The zero-order valence-electron chi connectivity index (χ0n) is 10.3. The van der Waals surface area contributed by atoms with Gasteiger partial charge in [0.1, 0.15) is 0 Å². The average Bonchev–Trinajstić information content (AvgIpc) is 2.48. The van der Waals surface area contributed by atoms with Gasteiger partial charge >= 0.3 is 0 Å². The molecule has 0 bridgehead atoms. The fourth-order valence-corrected chi connectivity index (χ4v) is 2.20. The molecule has 1 aliphatic heterocycles. The first-order chi connectivity index (χ1) is 9.33. The van der Waals surface area contributed by atoms with Crippen LogP contribution in [0.4, 0.5) is 5.95 Å². The van der Waals surface area contributed by atoms with Crippen molar-refractivity contribution in [1.82, 2.24) is 15.3 Å². The van der Waals surface area contributed by atoms with Crippen molar-refractivity contribution in [3.05, 3.63) is 53.9 Å². The van der Waals surface area contributed by atoms with Crippen LogP contribution in [0.2, 0.25) is 0 Å². The molecule has 5 nitrogen and oxygen atoms in total. The molecule has 1 atom stereocenters. The lowest BCUT2D eigenvalue weighted by molar-refractivity contribution is -0.118. The summed E-state index contributed by atoms with van der Waals surface area (Å²) in [6, 6.07) is 9.63. The van der Waals surface area contributed by atoms with Gasteiger partial charge in [-0.25, -0.2) is 9.97 Å². The molecule has 19 heavy (non-hydrogen) atoms. The van der Waals surface area contributed by atoms with Gasteiger partial charge in [-0.3, -0.25) is 10.1 Å². The number of carbonyl (C=O) groups is 1. The molecule has 0 saturated heterocycles. The standard InChI is InChI=1S/C14H14N4O/c19-13(18-14-15-6-3-7-16-14)12-8-10-4-1-2-5-11(10)9-17-12/h1-7,12,17H,8-9H2,(H,15,16,18,19)/t12-/m0/s1. The maximum absolute atomic E-state index is 12.1. The van der Waals surface area contributed by atoms with E-state index < -0.39 is 0 Å². The van der Waals surface area contributed by atoms with Gasteiger partial charge in [-0.15, -0.1) is 0 Å². The van der Waals surface area contributed by atoms with Crippen molar-refractivity contribution in [3.8, 4) is 0 Å². The number of aromatic nitrogens is 2. The van der Waals surface area contributed by atoms with Crippen LogP contribution in [0.5, 0.6) is 0 Å². The van der Waals surface area contributed by atoms with Crippen LogP contribution in [-0.2, 0) is 17.8 Å². The third kappa shape index (κ3) is 2.61. The Balaban J connectivity index is 1.70. The monoisotopic (exact) mass is 254 g/mol. The molecule has 0 radical (unpaired) electrons. The predicted molar refractivity (Wildman–Crippen MR) is 71.4 cm³/mol. The number of fused-ring (bicyclic) bond motifs is 1. The van der Waals surface area contributed by atoms with Crippen molar-refractivity contribution in [2.24, 2.45) is 0 Å². The Morgan fingerprint density at radius 1 is 1.16 bits per heavy atom. The molecule has 5 heteroatoms. The molecule has 0 aliphatic carbocycles. The first kappa shape index (κ1) is 11.8. The molecule has 0 unspecified atom stereocenters. The molecule has 0 fully saturated rings. The third-order valence-electron chi connectivity index (χ3n) is 3.20. The van der Waals surface area contributed by atoms with Crippen molar-refractivity contribution in [2.75, 3.05) is 5.32 Å². The minimum atomic E-state index is -0.237. The Morgan fingerprint density at radius 3 is 2.68 bits per heavy atom.